The van der Waals surface area contributed by atoms with Crippen LogP contribution in [0, 0.1) is 17.1 Å². The normalized spacial score (nSPS) is 14.5. The number of benzene rings is 1. The second-order valence-electron chi connectivity index (χ2n) is 7.66. The lowest BCUT2D eigenvalue weighted by Gasteiger charge is -2.31. The third kappa shape index (κ3) is 5.25. The molecule has 3 heterocycles. The van der Waals surface area contributed by atoms with Gasteiger partial charge in [0.1, 0.15) is 29.1 Å². The number of nitrogens with zero attached hydrogens (tertiary/aromatic N) is 4. The minimum absolute atomic E-state index is 0.148. The van der Waals surface area contributed by atoms with Crippen LogP contribution < -0.4 is 10.6 Å². The average molecular weight is 430 g/mol. The summed E-state index contributed by atoms with van der Waals surface area (Å²) >= 11 is 0. The standard InChI is InChI=1S/C24H23FN6O/c25-19-5-3-7-21(18(19)15-26)29-24(32)16-31-13-10-17(11-14-31)20-6-4-9-23(28-20)30-22-8-1-2-12-27-22/h1-9,12,17H,10-11,13-14,16H2,(H,29,32)(H,27,28,30). The van der Waals surface area contributed by atoms with Crippen molar-refractivity contribution < 1.29 is 9.18 Å². The van der Waals surface area contributed by atoms with Crippen molar-refractivity contribution in [1.82, 2.24) is 14.9 Å². The molecule has 4 rings (SSSR count). The molecule has 7 nitrogen and oxygen atoms in total. The Morgan fingerprint density at radius 1 is 1.09 bits per heavy atom. The molecule has 3 aromatic rings. The lowest BCUT2D eigenvalue weighted by atomic mass is 9.93. The number of hydrogen-bond acceptors (Lipinski definition) is 6. The maximum absolute atomic E-state index is 13.7. The topological polar surface area (TPSA) is 93.9 Å². The molecule has 0 atom stereocenters. The van der Waals surface area contributed by atoms with Crippen LogP contribution in [0.2, 0.25) is 0 Å². The van der Waals surface area contributed by atoms with Gasteiger partial charge in [-0.25, -0.2) is 14.4 Å². The first kappa shape index (κ1) is 21.4. The molecular weight excluding hydrogens is 407 g/mol. The van der Waals surface area contributed by atoms with E-state index in [-0.39, 0.29) is 23.7 Å². The highest BCUT2D eigenvalue weighted by Crippen LogP contribution is 2.28. The summed E-state index contributed by atoms with van der Waals surface area (Å²) in [5.41, 5.74) is 1.08. The molecule has 1 aliphatic rings. The third-order valence-electron chi connectivity index (χ3n) is 5.46. The second-order valence-corrected chi connectivity index (χ2v) is 7.66. The summed E-state index contributed by atoms with van der Waals surface area (Å²) in [4.78, 5) is 23.5. The maximum atomic E-state index is 13.7. The van der Waals surface area contributed by atoms with E-state index in [0.29, 0.717) is 5.92 Å². The fraction of sp³-hybridized carbons (Fsp3) is 0.250. The van der Waals surface area contributed by atoms with Gasteiger partial charge in [-0.1, -0.05) is 18.2 Å². The molecule has 1 aromatic carbocycles. The van der Waals surface area contributed by atoms with Gasteiger partial charge in [-0.15, -0.1) is 0 Å². The largest absolute Gasteiger partial charge is 0.325 e. The van der Waals surface area contributed by atoms with Crippen molar-refractivity contribution in [1.29, 1.82) is 5.26 Å². The Kier molecular flexibility index (Phi) is 6.68. The number of hydrogen-bond donors (Lipinski definition) is 2. The molecule has 162 valence electrons. The van der Waals surface area contributed by atoms with E-state index in [9.17, 15) is 9.18 Å². The van der Waals surface area contributed by atoms with Crippen LogP contribution in [0.15, 0.2) is 60.8 Å². The van der Waals surface area contributed by atoms with Crippen LogP contribution in [0.4, 0.5) is 21.7 Å². The van der Waals surface area contributed by atoms with E-state index in [1.807, 2.05) is 36.4 Å². The molecule has 1 aliphatic heterocycles. The van der Waals surface area contributed by atoms with Crippen LogP contribution in [-0.4, -0.2) is 40.4 Å². The van der Waals surface area contributed by atoms with E-state index < -0.39 is 5.82 Å². The molecule has 8 heteroatoms. The van der Waals surface area contributed by atoms with E-state index in [1.165, 1.54) is 18.2 Å². The molecule has 0 spiro atoms. The summed E-state index contributed by atoms with van der Waals surface area (Å²) in [6.45, 7) is 1.71. The highest BCUT2D eigenvalue weighted by molar-refractivity contribution is 5.93. The highest BCUT2D eigenvalue weighted by Gasteiger charge is 2.23. The minimum atomic E-state index is -0.640. The third-order valence-corrected chi connectivity index (χ3v) is 5.46. The van der Waals surface area contributed by atoms with Crippen molar-refractivity contribution in [3.8, 4) is 6.07 Å². The van der Waals surface area contributed by atoms with Crippen molar-refractivity contribution in [2.45, 2.75) is 18.8 Å². The number of anilines is 3. The SMILES string of the molecule is N#Cc1c(F)cccc1NC(=O)CN1CCC(c2cccc(Nc3ccccn3)n2)CC1. The van der Waals surface area contributed by atoms with Gasteiger partial charge >= 0.3 is 0 Å². The first-order valence-electron chi connectivity index (χ1n) is 10.5. The number of halogens is 1. The zero-order valence-corrected chi connectivity index (χ0v) is 17.5. The van der Waals surface area contributed by atoms with E-state index in [2.05, 4.69) is 20.5 Å². The molecule has 2 N–H and O–H groups in total. The molecule has 0 aliphatic carbocycles. The molecule has 0 bridgehead atoms. The molecule has 2 aromatic heterocycles. The number of nitrogens with one attached hydrogen (secondary N) is 2. The van der Waals surface area contributed by atoms with E-state index in [0.717, 1.165) is 43.3 Å². The van der Waals surface area contributed by atoms with Crippen LogP contribution in [0.3, 0.4) is 0 Å². The van der Waals surface area contributed by atoms with Crippen LogP contribution in [-0.2, 0) is 4.79 Å². The van der Waals surface area contributed by atoms with Crippen molar-refractivity contribution in [2.75, 3.05) is 30.3 Å². The zero-order chi connectivity index (χ0) is 22.3. The molecule has 0 saturated carbocycles. The lowest BCUT2D eigenvalue weighted by Crippen LogP contribution is -2.39. The van der Waals surface area contributed by atoms with Crippen LogP contribution >= 0.6 is 0 Å². The highest BCUT2D eigenvalue weighted by atomic mass is 19.1. The van der Waals surface area contributed by atoms with Gasteiger partial charge in [-0.05, 0) is 62.3 Å². The van der Waals surface area contributed by atoms with E-state index in [1.54, 1.807) is 12.3 Å². The van der Waals surface area contributed by atoms with E-state index in [4.69, 9.17) is 10.2 Å². The number of amides is 1. The van der Waals surface area contributed by atoms with Gasteiger partial charge in [-0.3, -0.25) is 9.69 Å². The second kappa shape index (κ2) is 9.98. The fourth-order valence-electron chi connectivity index (χ4n) is 3.84. The maximum Gasteiger partial charge on any atom is 0.238 e. The van der Waals surface area contributed by atoms with Gasteiger partial charge < -0.3 is 10.6 Å². The van der Waals surface area contributed by atoms with Crippen LogP contribution in [0.25, 0.3) is 0 Å². The van der Waals surface area contributed by atoms with Gasteiger partial charge in [0.05, 0.1) is 12.2 Å². The number of likely N-dealkylation sites (tertiary alicyclic amines) is 1. The van der Waals surface area contributed by atoms with E-state index >= 15 is 0 Å². The molecule has 1 amide bonds. The summed E-state index contributed by atoms with van der Waals surface area (Å²) < 4.78 is 13.7. The average Bonchev–Trinajstić information content (AvgIpc) is 2.80. The number of carbonyl (C=O) groups is 1. The quantitative estimate of drug-likeness (QED) is 0.613. The van der Waals surface area contributed by atoms with Crippen molar-refractivity contribution in [3.63, 3.8) is 0 Å². The Labute approximate surface area is 185 Å². The summed E-state index contributed by atoms with van der Waals surface area (Å²) in [5, 5.41) is 15.0. The van der Waals surface area contributed by atoms with Crippen molar-refractivity contribution in [3.05, 3.63) is 77.9 Å². The Hall–Kier alpha value is -3.83. The summed E-state index contributed by atoms with van der Waals surface area (Å²) in [5.74, 6) is 0.916. The monoisotopic (exact) mass is 430 g/mol. The number of carbonyl (C=O) groups excluding carboxylic acids is 1. The van der Waals surface area contributed by atoms with Gasteiger partial charge in [0.2, 0.25) is 5.91 Å². The van der Waals surface area contributed by atoms with Gasteiger partial charge in [0.15, 0.2) is 0 Å². The smallest absolute Gasteiger partial charge is 0.238 e. The Morgan fingerprint density at radius 2 is 1.88 bits per heavy atom. The van der Waals surface area contributed by atoms with Gasteiger partial charge in [0, 0.05) is 17.8 Å². The van der Waals surface area contributed by atoms with Crippen LogP contribution in [0.1, 0.15) is 30.0 Å². The lowest BCUT2D eigenvalue weighted by molar-refractivity contribution is -0.117. The fourth-order valence-corrected chi connectivity index (χ4v) is 3.84. The van der Waals surface area contributed by atoms with Crippen molar-refractivity contribution in [2.24, 2.45) is 0 Å². The number of pyridine rings is 2. The Bertz CT molecular complexity index is 1120. The van der Waals surface area contributed by atoms with Crippen molar-refractivity contribution >= 4 is 23.2 Å². The number of aromatic nitrogens is 2. The predicted octanol–water partition coefficient (Wildman–Crippen LogP) is 4.05. The first-order valence-corrected chi connectivity index (χ1v) is 10.5. The number of nitriles is 1. The molecule has 32 heavy (non-hydrogen) atoms. The summed E-state index contributed by atoms with van der Waals surface area (Å²) in [6.07, 6.45) is 3.50. The minimum Gasteiger partial charge on any atom is -0.325 e. The van der Waals surface area contributed by atoms with Gasteiger partial charge in [-0.2, -0.15) is 5.26 Å². The molecule has 1 saturated heterocycles. The molecule has 1 fully saturated rings. The number of piperidine rings is 1. The Morgan fingerprint density at radius 3 is 2.62 bits per heavy atom. The van der Waals surface area contributed by atoms with Gasteiger partial charge in [0.25, 0.3) is 0 Å². The van der Waals surface area contributed by atoms with Crippen LogP contribution in [0.5, 0.6) is 0 Å². The summed E-state index contributed by atoms with van der Waals surface area (Å²) in [6, 6.07) is 17.6. The molecule has 0 unspecified atom stereocenters. The predicted molar refractivity (Wildman–Crippen MR) is 120 cm³/mol. The first-order chi connectivity index (χ1) is 15.6. The zero-order valence-electron chi connectivity index (χ0n) is 17.5. The Balaban J connectivity index is 1.31. The summed E-state index contributed by atoms with van der Waals surface area (Å²) in [7, 11) is 0. The number of rotatable bonds is 6. The molecule has 0 radical (unpaired) electrons. The molecular formula is C24H23FN6O.